The summed E-state index contributed by atoms with van der Waals surface area (Å²) in [6.45, 7) is 6.61. The first-order valence-electron chi connectivity index (χ1n) is 6.83. The van der Waals surface area contributed by atoms with Gasteiger partial charge in [0.25, 0.3) is 0 Å². The van der Waals surface area contributed by atoms with Crippen LogP contribution in [0.15, 0.2) is 18.7 Å². The Morgan fingerprint density at radius 1 is 1.25 bits per heavy atom. The number of nitrogens with zero attached hydrogens (tertiary/aromatic N) is 4. The van der Waals surface area contributed by atoms with Crippen LogP contribution in [0.25, 0.3) is 0 Å². The summed E-state index contributed by atoms with van der Waals surface area (Å²) in [5.41, 5.74) is 0. The molecule has 110 valence electrons. The summed E-state index contributed by atoms with van der Waals surface area (Å²) < 4.78 is 1.93. The highest BCUT2D eigenvalue weighted by Crippen LogP contribution is 2.03. The molecule has 0 spiro atoms. The minimum Gasteiger partial charge on any atom is -0.339 e. The van der Waals surface area contributed by atoms with E-state index < -0.39 is 0 Å². The van der Waals surface area contributed by atoms with Gasteiger partial charge in [0, 0.05) is 58.1 Å². The van der Waals surface area contributed by atoms with Crippen LogP contribution in [0.3, 0.4) is 0 Å². The number of rotatable bonds is 3. The fraction of sp³-hybridized carbons (Fsp3) is 0.615. The van der Waals surface area contributed by atoms with Gasteiger partial charge < -0.3 is 19.7 Å². The number of hydrogen-bond donors (Lipinski definition) is 1. The van der Waals surface area contributed by atoms with E-state index in [4.69, 9.17) is 0 Å². The van der Waals surface area contributed by atoms with Gasteiger partial charge in [0.05, 0.1) is 6.33 Å². The lowest BCUT2D eigenvalue weighted by Crippen LogP contribution is -2.54. The van der Waals surface area contributed by atoms with Gasteiger partial charge >= 0.3 is 6.03 Å². The first kappa shape index (κ1) is 14.4. The lowest BCUT2D eigenvalue weighted by molar-refractivity contribution is -0.130. The first-order valence-corrected chi connectivity index (χ1v) is 6.83. The average Bonchev–Trinajstić information content (AvgIpc) is 2.91. The van der Waals surface area contributed by atoms with Crippen LogP contribution in [-0.4, -0.2) is 63.5 Å². The van der Waals surface area contributed by atoms with Gasteiger partial charge in [0.15, 0.2) is 0 Å². The molecule has 0 aliphatic carbocycles. The van der Waals surface area contributed by atoms with Crippen LogP contribution in [-0.2, 0) is 11.3 Å². The monoisotopic (exact) mass is 279 g/mol. The summed E-state index contributed by atoms with van der Waals surface area (Å²) in [6, 6.07) is -0.0386. The maximum absolute atomic E-state index is 12.1. The van der Waals surface area contributed by atoms with Gasteiger partial charge in [0.1, 0.15) is 0 Å². The Morgan fingerprint density at radius 3 is 2.45 bits per heavy atom. The van der Waals surface area contributed by atoms with Crippen molar-refractivity contribution in [3.63, 3.8) is 0 Å². The van der Waals surface area contributed by atoms with Gasteiger partial charge in [0.2, 0.25) is 5.91 Å². The molecule has 1 saturated heterocycles. The molecule has 2 heterocycles. The molecule has 1 aromatic rings. The van der Waals surface area contributed by atoms with Crippen molar-refractivity contribution in [2.45, 2.75) is 26.4 Å². The van der Waals surface area contributed by atoms with Crippen molar-refractivity contribution < 1.29 is 9.59 Å². The molecule has 0 saturated carbocycles. The van der Waals surface area contributed by atoms with Crippen LogP contribution in [0.4, 0.5) is 4.79 Å². The number of nitrogens with one attached hydrogen (secondary N) is 1. The zero-order valence-corrected chi connectivity index (χ0v) is 12.0. The third-order valence-corrected chi connectivity index (χ3v) is 3.43. The SMILES string of the molecule is CC(=O)N1CCN(C(=O)N[C@H](C)Cn2ccnc2)CC1. The largest absolute Gasteiger partial charge is 0.339 e. The Balaban J connectivity index is 1.76. The number of amides is 3. The summed E-state index contributed by atoms with van der Waals surface area (Å²) in [4.78, 5) is 30.8. The topological polar surface area (TPSA) is 70.5 Å². The number of imidazole rings is 1. The molecule has 3 amide bonds. The summed E-state index contributed by atoms with van der Waals surface area (Å²) in [5, 5.41) is 2.97. The van der Waals surface area contributed by atoms with E-state index >= 15 is 0 Å². The third-order valence-electron chi connectivity index (χ3n) is 3.43. The van der Waals surface area contributed by atoms with Crippen molar-refractivity contribution in [1.82, 2.24) is 24.7 Å². The Bertz CT molecular complexity index is 451. The molecule has 0 unspecified atom stereocenters. The van der Waals surface area contributed by atoms with Crippen molar-refractivity contribution in [3.05, 3.63) is 18.7 Å². The van der Waals surface area contributed by atoms with E-state index in [1.54, 1.807) is 29.2 Å². The van der Waals surface area contributed by atoms with Crippen molar-refractivity contribution in [1.29, 1.82) is 0 Å². The third kappa shape index (κ3) is 3.72. The first-order chi connectivity index (χ1) is 9.56. The number of hydrogen-bond acceptors (Lipinski definition) is 3. The second kappa shape index (κ2) is 6.40. The molecular formula is C13H21N5O2. The highest BCUT2D eigenvalue weighted by molar-refractivity contribution is 5.76. The Morgan fingerprint density at radius 2 is 1.90 bits per heavy atom. The zero-order chi connectivity index (χ0) is 14.5. The van der Waals surface area contributed by atoms with Gasteiger partial charge in [-0.3, -0.25) is 4.79 Å². The molecule has 0 radical (unpaired) electrons. The lowest BCUT2D eigenvalue weighted by atomic mass is 10.3. The number of carbonyl (C=O) groups excluding carboxylic acids is 2. The van der Waals surface area contributed by atoms with Crippen molar-refractivity contribution in [2.75, 3.05) is 26.2 Å². The quantitative estimate of drug-likeness (QED) is 0.856. The molecule has 1 atom stereocenters. The summed E-state index contributed by atoms with van der Waals surface area (Å²) >= 11 is 0. The van der Waals surface area contributed by atoms with Crippen molar-refractivity contribution >= 4 is 11.9 Å². The van der Waals surface area contributed by atoms with E-state index in [-0.39, 0.29) is 18.0 Å². The molecule has 1 N–H and O–H groups in total. The number of carbonyl (C=O) groups is 2. The predicted octanol–water partition coefficient (Wildman–Crippen LogP) is 0.145. The fourth-order valence-electron chi connectivity index (χ4n) is 2.28. The van der Waals surface area contributed by atoms with Crippen LogP contribution < -0.4 is 5.32 Å². The standard InChI is InChI=1S/C13H21N5O2/c1-11(9-16-4-3-14-10-16)15-13(20)18-7-5-17(6-8-18)12(2)19/h3-4,10-11H,5-9H2,1-2H3,(H,15,20)/t11-/m1/s1. The van der Waals surface area contributed by atoms with Crippen LogP contribution in [0.2, 0.25) is 0 Å². The van der Waals surface area contributed by atoms with E-state index in [2.05, 4.69) is 10.3 Å². The molecule has 1 fully saturated rings. The Kier molecular flexibility index (Phi) is 4.60. The fourth-order valence-corrected chi connectivity index (χ4v) is 2.28. The maximum atomic E-state index is 12.1. The van der Waals surface area contributed by atoms with Gasteiger partial charge in [-0.1, -0.05) is 0 Å². The van der Waals surface area contributed by atoms with E-state index in [0.29, 0.717) is 32.7 Å². The van der Waals surface area contributed by atoms with E-state index in [1.165, 1.54) is 0 Å². The Hall–Kier alpha value is -2.05. The van der Waals surface area contributed by atoms with Crippen LogP contribution >= 0.6 is 0 Å². The van der Waals surface area contributed by atoms with Gasteiger partial charge in [-0.05, 0) is 6.92 Å². The average molecular weight is 279 g/mol. The summed E-state index contributed by atoms with van der Waals surface area (Å²) in [7, 11) is 0. The zero-order valence-electron chi connectivity index (χ0n) is 12.0. The van der Waals surface area contributed by atoms with Crippen molar-refractivity contribution in [2.24, 2.45) is 0 Å². The van der Waals surface area contributed by atoms with Gasteiger partial charge in [-0.2, -0.15) is 0 Å². The van der Waals surface area contributed by atoms with Crippen LogP contribution in [0.5, 0.6) is 0 Å². The Labute approximate surface area is 118 Å². The smallest absolute Gasteiger partial charge is 0.317 e. The molecular weight excluding hydrogens is 258 g/mol. The number of piperazine rings is 1. The minimum absolute atomic E-state index is 0.0301. The number of aromatic nitrogens is 2. The molecule has 7 nitrogen and oxygen atoms in total. The van der Waals surface area contributed by atoms with Gasteiger partial charge in [-0.15, -0.1) is 0 Å². The minimum atomic E-state index is -0.0687. The molecule has 7 heteroatoms. The molecule has 0 bridgehead atoms. The van der Waals surface area contributed by atoms with Crippen molar-refractivity contribution in [3.8, 4) is 0 Å². The highest BCUT2D eigenvalue weighted by atomic mass is 16.2. The summed E-state index contributed by atoms with van der Waals surface area (Å²) in [5.74, 6) is 0.0681. The molecule has 20 heavy (non-hydrogen) atoms. The second-order valence-electron chi connectivity index (χ2n) is 5.10. The molecule has 2 rings (SSSR count). The normalized spacial score (nSPS) is 16.9. The lowest BCUT2D eigenvalue weighted by Gasteiger charge is -2.34. The second-order valence-corrected chi connectivity index (χ2v) is 5.10. The summed E-state index contributed by atoms with van der Waals surface area (Å²) in [6.07, 6.45) is 5.32. The van der Waals surface area contributed by atoms with Crippen LogP contribution in [0, 0.1) is 0 Å². The molecule has 1 aliphatic rings. The molecule has 0 aromatic carbocycles. The van der Waals surface area contributed by atoms with E-state index in [0.717, 1.165) is 0 Å². The molecule has 1 aromatic heterocycles. The van der Waals surface area contributed by atoms with E-state index in [1.807, 2.05) is 17.7 Å². The van der Waals surface area contributed by atoms with Gasteiger partial charge in [-0.25, -0.2) is 9.78 Å². The van der Waals surface area contributed by atoms with Crippen LogP contribution in [0.1, 0.15) is 13.8 Å². The molecule has 1 aliphatic heterocycles. The highest BCUT2D eigenvalue weighted by Gasteiger charge is 2.22. The predicted molar refractivity (Wildman–Crippen MR) is 74.0 cm³/mol. The van der Waals surface area contributed by atoms with E-state index in [9.17, 15) is 9.59 Å². The number of urea groups is 1. The maximum Gasteiger partial charge on any atom is 0.317 e.